The molecule has 2 atom stereocenters. The molecule has 0 radical (unpaired) electrons. The zero-order valence-corrected chi connectivity index (χ0v) is 17.9. The molecule has 0 aromatic heterocycles. The largest absolute Gasteiger partial charge is 0.330 e. The molecule has 2 aromatic rings. The van der Waals surface area contributed by atoms with Gasteiger partial charge < -0.3 is 9.80 Å². The Morgan fingerprint density at radius 1 is 0.966 bits per heavy atom. The lowest BCUT2D eigenvalue weighted by Gasteiger charge is -2.35. The van der Waals surface area contributed by atoms with Gasteiger partial charge in [-0.1, -0.05) is 71.8 Å². The molecule has 3 nitrogen and oxygen atoms in total. The molecule has 0 bridgehead atoms. The Bertz CT molecular complexity index is 878. The van der Waals surface area contributed by atoms with Crippen LogP contribution < -0.4 is 0 Å². The van der Waals surface area contributed by atoms with Gasteiger partial charge in [-0.2, -0.15) is 0 Å². The molecule has 2 aromatic carbocycles. The minimum absolute atomic E-state index is 0.0369. The Hall–Kier alpha value is -1.81. The smallest absolute Gasteiger partial charge is 0.231 e. The second-order valence-corrected chi connectivity index (χ2v) is 8.67. The average molecular weight is 429 g/mol. The Morgan fingerprint density at radius 3 is 2.45 bits per heavy atom. The number of allylic oxidation sites excluding steroid dienone is 1. The van der Waals surface area contributed by atoms with E-state index < -0.39 is 0 Å². The van der Waals surface area contributed by atoms with Crippen LogP contribution in [0.1, 0.15) is 42.3 Å². The lowest BCUT2D eigenvalue weighted by Crippen LogP contribution is -2.42. The lowest BCUT2D eigenvalue weighted by atomic mass is 9.93. The van der Waals surface area contributed by atoms with Crippen LogP contribution in [0.2, 0.25) is 10.0 Å². The van der Waals surface area contributed by atoms with Gasteiger partial charge in [-0.15, -0.1) is 0 Å². The van der Waals surface area contributed by atoms with Crippen LogP contribution in [-0.2, 0) is 4.79 Å². The number of nitrogens with zero attached hydrogens (tertiary/aromatic N) is 2. The fraction of sp³-hybridized carbons (Fsp3) is 0.375. The first-order valence-electron chi connectivity index (χ1n) is 10.3. The van der Waals surface area contributed by atoms with Gasteiger partial charge in [0, 0.05) is 13.1 Å². The first-order valence-corrected chi connectivity index (χ1v) is 11.1. The van der Waals surface area contributed by atoms with E-state index in [0.29, 0.717) is 23.0 Å². The van der Waals surface area contributed by atoms with Crippen molar-refractivity contribution in [2.45, 2.75) is 31.2 Å². The summed E-state index contributed by atoms with van der Waals surface area (Å²) in [5.41, 5.74) is 2.12. The molecule has 29 heavy (non-hydrogen) atoms. The highest BCUT2D eigenvalue weighted by Gasteiger charge is 2.33. The van der Waals surface area contributed by atoms with E-state index in [-0.39, 0.29) is 17.9 Å². The molecule has 0 unspecified atom stereocenters. The van der Waals surface area contributed by atoms with E-state index in [9.17, 15) is 4.79 Å². The minimum Gasteiger partial charge on any atom is -0.330 e. The maximum absolute atomic E-state index is 13.7. The lowest BCUT2D eigenvalue weighted by molar-refractivity contribution is -0.134. The van der Waals surface area contributed by atoms with Crippen LogP contribution in [-0.4, -0.2) is 41.9 Å². The highest BCUT2D eigenvalue weighted by atomic mass is 35.5. The summed E-state index contributed by atoms with van der Waals surface area (Å²) in [5, 5.41) is 1.01. The number of halogens is 2. The highest BCUT2D eigenvalue weighted by Crippen LogP contribution is 2.34. The molecule has 1 fully saturated rings. The third kappa shape index (κ3) is 4.69. The molecule has 1 saturated heterocycles. The van der Waals surface area contributed by atoms with Crippen molar-refractivity contribution >= 4 is 29.1 Å². The number of hydrogen-bond donors (Lipinski definition) is 0. The minimum atomic E-state index is -0.242. The van der Waals surface area contributed by atoms with Gasteiger partial charge in [0.2, 0.25) is 5.91 Å². The van der Waals surface area contributed by atoms with Crippen molar-refractivity contribution in [1.82, 2.24) is 9.80 Å². The van der Waals surface area contributed by atoms with E-state index in [0.717, 1.165) is 25.2 Å². The van der Waals surface area contributed by atoms with Crippen LogP contribution in [0, 0.1) is 0 Å². The summed E-state index contributed by atoms with van der Waals surface area (Å²) in [7, 11) is 0. The summed E-state index contributed by atoms with van der Waals surface area (Å²) < 4.78 is 0. The maximum Gasteiger partial charge on any atom is 0.231 e. The van der Waals surface area contributed by atoms with Crippen LogP contribution in [0.3, 0.4) is 0 Å². The standard InChI is InChI=1S/C24H26Cl2N2O/c25-21-12-11-19(16-22(21)26)20-10-4-5-15-28(24(20)29)23(17-27-13-6-7-14-27)18-8-2-1-3-9-18/h1-5,8-9,11-12,16,20,23H,6-7,10,13-15,17H2/t20-,23+/m0/s1. The first kappa shape index (κ1) is 20.5. The predicted molar refractivity (Wildman–Crippen MR) is 120 cm³/mol. The van der Waals surface area contributed by atoms with Crippen LogP contribution in [0.15, 0.2) is 60.7 Å². The number of benzene rings is 2. The van der Waals surface area contributed by atoms with Gasteiger partial charge in [-0.3, -0.25) is 4.79 Å². The van der Waals surface area contributed by atoms with Gasteiger partial charge in [0.15, 0.2) is 0 Å². The van der Waals surface area contributed by atoms with Gasteiger partial charge in [0.1, 0.15) is 0 Å². The predicted octanol–water partition coefficient (Wildman–Crippen LogP) is 5.70. The van der Waals surface area contributed by atoms with Crippen molar-refractivity contribution in [1.29, 1.82) is 0 Å². The molecule has 0 aliphatic carbocycles. The number of carbonyl (C=O) groups excluding carboxylic acids is 1. The normalized spacial score (nSPS) is 21.4. The van der Waals surface area contributed by atoms with E-state index in [1.54, 1.807) is 6.07 Å². The number of rotatable bonds is 5. The third-order valence-corrected chi connectivity index (χ3v) is 6.70. The molecule has 0 N–H and O–H groups in total. The molecule has 4 rings (SSSR count). The molecule has 0 saturated carbocycles. The number of amides is 1. The number of hydrogen-bond acceptors (Lipinski definition) is 2. The number of carbonyl (C=O) groups is 1. The van der Waals surface area contributed by atoms with Gasteiger partial charge in [0.05, 0.1) is 22.0 Å². The second-order valence-electron chi connectivity index (χ2n) is 7.86. The van der Waals surface area contributed by atoms with E-state index >= 15 is 0 Å². The Kier molecular flexibility index (Phi) is 6.59. The van der Waals surface area contributed by atoms with E-state index in [2.05, 4.69) is 41.3 Å². The Balaban J connectivity index is 1.66. The van der Waals surface area contributed by atoms with Crippen LogP contribution in [0.4, 0.5) is 0 Å². The molecule has 2 heterocycles. The summed E-state index contributed by atoms with van der Waals surface area (Å²) in [6.07, 6.45) is 7.39. The van der Waals surface area contributed by atoms with Gasteiger partial charge in [0.25, 0.3) is 0 Å². The van der Waals surface area contributed by atoms with Crippen molar-refractivity contribution in [3.05, 3.63) is 81.9 Å². The van der Waals surface area contributed by atoms with Crippen LogP contribution >= 0.6 is 23.2 Å². The molecule has 2 aliphatic heterocycles. The molecule has 1 amide bonds. The van der Waals surface area contributed by atoms with Crippen molar-refractivity contribution in [2.24, 2.45) is 0 Å². The van der Waals surface area contributed by atoms with Crippen molar-refractivity contribution in [3.63, 3.8) is 0 Å². The second kappa shape index (κ2) is 9.34. The molecule has 5 heteroatoms. The Labute approximate surface area is 182 Å². The first-order chi connectivity index (χ1) is 14.1. The molecule has 2 aliphatic rings. The summed E-state index contributed by atoms with van der Waals surface area (Å²) in [6.45, 7) is 3.72. The summed E-state index contributed by atoms with van der Waals surface area (Å²) >= 11 is 12.3. The molecular weight excluding hydrogens is 403 g/mol. The topological polar surface area (TPSA) is 23.6 Å². The maximum atomic E-state index is 13.7. The third-order valence-electron chi connectivity index (χ3n) is 5.96. The van der Waals surface area contributed by atoms with Crippen LogP contribution in [0.25, 0.3) is 0 Å². The van der Waals surface area contributed by atoms with Crippen molar-refractivity contribution in [2.75, 3.05) is 26.2 Å². The summed E-state index contributed by atoms with van der Waals surface area (Å²) in [6, 6.07) is 16.0. The molecule has 0 spiro atoms. The van der Waals surface area contributed by atoms with Crippen molar-refractivity contribution in [3.8, 4) is 0 Å². The highest BCUT2D eigenvalue weighted by molar-refractivity contribution is 6.42. The molecule has 152 valence electrons. The zero-order chi connectivity index (χ0) is 20.2. The van der Waals surface area contributed by atoms with Crippen LogP contribution in [0.5, 0.6) is 0 Å². The SMILES string of the molecule is O=C1[C@H](c2ccc(Cl)c(Cl)c2)CC=CCN1[C@H](CN1CCCC1)c1ccccc1. The Morgan fingerprint density at radius 2 is 1.72 bits per heavy atom. The fourth-order valence-corrected chi connectivity index (χ4v) is 4.68. The average Bonchev–Trinajstić information content (AvgIpc) is 3.18. The van der Waals surface area contributed by atoms with Crippen molar-refractivity contribution < 1.29 is 4.79 Å². The van der Waals surface area contributed by atoms with Gasteiger partial charge >= 0.3 is 0 Å². The van der Waals surface area contributed by atoms with E-state index in [1.165, 1.54) is 18.4 Å². The van der Waals surface area contributed by atoms with Gasteiger partial charge in [-0.05, 0) is 55.6 Å². The zero-order valence-electron chi connectivity index (χ0n) is 16.4. The summed E-state index contributed by atoms with van der Waals surface area (Å²) in [5.74, 6) is -0.0882. The van der Waals surface area contributed by atoms with E-state index in [4.69, 9.17) is 23.2 Å². The molecular formula is C24H26Cl2N2O. The summed E-state index contributed by atoms with van der Waals surface area (Å²) in [4.78, 5) is 18.2. The fourth-order valence-electron chi connectivity index (χ4n) is 4.37. The van der Waals surface area contributed by atoms with Gasteiger partial charge in [-0.25, -0.2) is 0 Å². The quantitative estimate of drug-likeness (QED) is 0.569. The van der Waals surface area contributed by atoms with E-state index in [1.807, 2.05) is 23.1 Å². The number of likely N-dealkylation sites (tertiary alicyclic amines) is 1. The monoisotopic (exact) mass is 428 g/mol.